The molecule has 0 radical (unpaired) electrons. The number of carbonyl (C=O) groups excluding carboxylic acids is 2. The molecule has 3 rings (SSSR count). The van der Waals surface area contributed by atoms with Crippen molar-refractivity contribution in [3.63, 3.8) is 0 Å². The molecular formula is C27H24BrN3O4. The molecule has 0 aliphatic heterocycles. The van der Waals surface area contributed by atoms with Gasteiger partial charge in [0.25, 0.3) is 11.8 Å². The van der Waals surface area contributed by atoms with E-state index in [1.807, 2.05) is 56.3 Å². The highest BCUT2D eigenvalue weighted by atomic mass is 79.9. The summed E-state index contributed by atoms with van der Waals surface area (Å²) in [5, 5.41) is 15.0. The molecule has 0 saturated heterocycles. The van der Waals surface area contributed by atoms with Gasteiger partial charge in [-0.2, -0.15) is 5.26 Å². The van der Waals surface area contributed by atoms with Gasteiger partial charge in [0.15, 0.2) is 18.1 Å². The number of hydrogen-bond acceptors (Lipinski definition) is 5. The van der Waals surface area contributed by atoms with E-state index >= 15 is 0 Å². The molecule has 0 aliphatic carbocycles. The summed E-state index contributed by atoms with van der Waals surface area (Å²) in [4.78, 5) is 24.9. The standard InChI is InChI=1S/C27H24BrN3O4/c1-17-6-4-8-21(10-17)30-25(32)16-35-26-23(28)13-19(14-24(26)34-3)12-20(15-29)27(33)31-22-9-5-7-18(2)11-22/h4-14H,16H2,1-3H3,(H,30,32)(H,31,33)/b20-12+. The number of halogens is 1. The van der Waals surface area contributed by atoms with Crippen molar-refractivity contribution in [2.24, 2.45) is 0 Å². The van der Waals surface area contributed by atoms with Crippen LogP contribution in [-0.2, 0) is 9.59 Å². The smallest absolute Gasteiger partial charge is 0.266 e. The molecule has 0 spiro atoms. The van der Waals surface area contributed by atoms with E-state index in [9.17, 15) is 14.9 Å². The summed E-state index contributed by atoms with van der Waals surface area (Å²) in [6.45, 7) is 3.62. The second-order valence-corrected chi connectivity index (χ2v) is 8.59. The number of benzene rings is 3. The zero-order chi connectivity index (χ0) is 25.4. The summed E-state index contributed by atoms with van der Waals surface area (Å²) >= 11 is 3.43. The highest BCUT2D eigenvalue weighted by Crippen LogP contribution is 2.37. The van der Waals surface area contributed by atoms with Crippen LogP contribution in [-0.4, -0.2) is 25.5 Å². The molecule has 0 aliphatic rings. The van der Waals surface area contributed by atoms with Crippen molar-refractivity contribution in [1.29, 1.82) is 5.26 Å². The van der Waals surface area contributed by atoms with Crippen LogP contribution in [0, 0.1) is 25.2 Å². The van der Waals surface area contributed by atoms with Crippen LogP contribution in [0.25, 0.3) is 6.08 Å². The Morgan fingerprint density at radius 3 is 2.20 bits per heavy atom. The average Bonchev–Trinajstić information content (AvgIpc) is 2.81. The lowest BCUT2D eigenvalue weighted by Gasteiger charge is -2.14. The molecule has 0 atom stereocenters. The van der Waals surface area contributed by atoms with Crippen LogP contribution >= 0.6 is 15.9 Å². The van der Waals surface area contributed by atoms with Crippen LogP contribution in [0.1, 0.15) is 16.7 Å². The Kier molecular flexibility index (Phi) is 8.65. The van der Waals surface area contributed by atoms with E-state index in [4.69, 9.17) is 9.47 Å². The third-order valence-corrected chi connectivity index (χ3v) is 5.44. The van der Waals surface area contributed by atoms with Crippen LogP contribution in [0.3, 0.4) is 0 Å². The Bertz CT molecular complexity index is 1330. The zero-order valence-electron chi connectivity index (χ0n) is 19.5. The quantitative estimate of drug-likeness (QED) is 0.288. The van der Waals surface area contributed by atoms with Crippen LogP contribution in [0.15, 0.2) is 70.7 Å². The first-order valence-corrected chi connectivity index (χ1v) is 11.4. The van der Waals surface area contributed by atoms with Gasteiger partial charge in [0.2, 0.25) is 0 Å². The number of rotatable bonds is 8. The van der Waals surface area contributed by atoms with Gasteiger partial charge in [0.05, 0.1) is 11.6 Å². The van der Waals surface area contributed by atoms with E-state index < -0.39 is 5.91 Å². The lowest BCUT2D eigenvalue weighted by molar-refractivity contribution is -0.118. The first-order valence-electron chi connectivity index (χ1n) is 10.7. The van der Waals surface area contributed by atoms with Crippen molar-refractivity contribution < 1.29 is 19.1 Å². The highest BCUT2D eigenvalue weighted by molar-refractivity contribution is 9.10. The first kappa shape index (κ1) is 25.5. The Balaban J connectivity index is 1.74. The van der Waals surface area contributed by atoms with E-state index in [-0.39, 0.29) is 18.1 Å². The zero-order valence-corrected chi connectivity index (χ0v) is 21.1. The molecule has 2 N–H and O–H groups in total. The second kappa shape index (κ2) is 11.9. The molecule has 8 heteroatoms. The molecule has 0 aromatic heterocycles. The molecule has 7 nitrogen and oxygen atoms in total. The van der Waals surface area contributed by atoms with Crippen LogP contribution < -0.4 is 20.1 Å². The summed E-state index contributed by atoms with van der Waals surface area (Å²) in [5.41, 5.74) is 3.76. The molecule has 0 unspecified atom stereocenters. The third kappa shape index (κ3) is 7.19. The van der Waals surface area contributed by atoms with Gasteiger partial charge in [0, 0.05) is 11.4 Å². The summed E-state index contributed by atoms with van der Waals surface area (Å²) in [7, 11) is 1.46. The molecule has 3 aromatic rings. The molecule has 0 bridgehead atoms. The van der Waals surface area contributed by atoms with Crippen LogP contribution in [0.4, 0.5) is 11.4 Å². The minimum Gasteiger partial charge on any atom is -0.493 e. The van der Waals surface area contributed by atoms with Crippen molar-refractivity contribution in [3.05, 3.63) is 87.4 Å². The fourth-order valence-electron chi connectivity index (χ4n) is 3.26. The molecular weight excluding hydrogens is 510 g/mol. The normalized spacial score (nSPS) is 10.8. The highest BCUT2D eigenvalue weighted by Gasteiger charge is 2.15. The summed E-state index contributed by atoms with van der Waals surface area (Å²) in [6, 6.07) is 20.0. The Morgan fingerprint density at radius 2 is 1.63 bits per heavy atom. The lowest BCUT2D eigenvalue weighted by atomic mass is 10.1. The van der Waals surface area contributed by atoms with Gasteiger partial charge >= 0.3 is 0 Å². The number of amides is 2. The van der Waals surface area contributed by atoms with E-state index in [1.165, 1.54) is 13.2 Å². The monoisotopic (exact) mass is 533 g/mol. The summed E-state index contributed by atoms with van der Waals surface area (Å²) in [5.74, 6) is -0.188. The van der Waals surface area contributed by atoms with Gasteiger partial charge in [-0.25, -0.2) is 0 Å². The minimum atomic E-state index is -0.527. The molecule has 3 aromatic carbocycles. The predicted octanol–water partition coefficient (Wildman–Crippen LogP) is 5.64. The van der Waals surface area contributed by atoms with Gasteiger partial charge in [-0.3, -0.25) is 9.59 Å². The maximum Gasteiger partial charge on any atom is 0.266 e. The maximum atomic E-state index is 12.6. The minimum absolute atomic E-state index is 0.0772. The Labute approximate surface area is 212 Å². The fraction of sp³-hybridized carbons (Fsp3) is 0.148. The van der Waals surface area contributed by atoms with Gasteiger partial charge in [-0.15, -0.1) is 0 Å². The molecule has 0 fully saturated rings. The lowest BCUT2D eigenvalue weighted by Crippen LogP contribution is -2.20. The van der Waals surface area contributed by atoms with Crippen LogP contribution in [0.2, 0.25) is 0 Å². The summed E-state index contributed by atoms with van der Waals surface area (Å²) < 4.78 is 11.6. The Morgan fingerprint density at radius 1 is 1.00 bits per heavy atom. The van der Waals surface area contributed by atoms with Crippen LogP contribution in [0.5, 0.6) is 11.5 Å². The van der Waals surface area contributed by atoms with Crippen molar-refractivity contribution in [1.82, 2.24) is 0 Å². The van der Waals surface area contributed by atoms with Crippen molar-refractivity contribution in [3.8, 4) is 17.6 Å². The van der Waals surface area contributed by atoms with Crippen molar-refractivity contribution in [2.45, 2.75) is 13.8 Å². The third-order valence-electron chi connectivity index (χ3n) is 4.85. The van der Waals surface area contributed by atoms with E-state index in [0.717, 1.165) is 11.1 Å². The Hall–Kier alpha value is -4.09. The first-order chi connectivity index (χ1) is 16.8. The van der Waals surface area contributed by atoms with Gasteiger partial charge < -0.3 is 20.1 Å². The molecule has 35 heavy (non-hydrogen) atoms. The number of anilines is 2. The van der Waals surface area contributed by atoms with E-state index in [1.54, 1.807) is 24.3 Å². The van der Waals surface area contributed by atoms with Crippen molar-refractivity contribution in [2.75, 3.05) is 24.4 Å². The van der Waals surface area contributed by atoms with Gasteiger partial charge in [-0.05, 0) is 88.9 Å². The number of nitrogens with one attached hydrogen (secondary N) is 2. The largest absolute Gasteiger partial charge is 0.493 e. The number of carbonyl (C=O) groups is 2. The van der Waals surface area contributed by atoms with E-state index in [2.05, 4.69) is 26.6 Å². The number of nitrogens with zero attached hydrogens (tertiary/aromatic N) is 1. The second-order valence-electron chi connectivity index (χ2n) is 7.73. The van der Waals surface area contributed by atoms with Gasteiger partial charge in [-0.1, -0.05) is 24.3 Å². The number of nitriles is 1. The maximum absolute atomic E-state index is 12.6. The summed E-state index contributed by atoms with van der Waals surface area (Å²) in [6.07, 6.45) is 1.45. The number of hydrogen-bond donors (Lipinski definition) is 2. The molecule has 178 valence electrons. The molecule has 0 saturated carbocycles. The SMILES string of the molecule is COc1cc(/C=C(\C#N)C(=O)Nc2cccc(C)c2)cc(Br)c1OCC(=O)Nc1cccc(C)c1. The van der Waals surface area contributed by atoms with E-state index in [0.29, 0.717) is 32.9 Å². The number of ether oxygens (including phenoxy) is 2. The number of aryl methyl sites for hydroxylation is 2. The van der Waals surface area contributed by atoms with Crippen molar-refractivity contribution >= 4 is 45.2 Å². The fourth-order valence-corrected chi connectivity index (χ4v) is 3.83. The predicted molar refractivity (Wildman–Crippen MR) is 139 cm³/mol. The topological polar surface area (TPSA) is 100 Å². The molecule has 0 heterocycles. The molecule has 2 amide bonds. The number of methoxy groups -OCH3 is 1. The average molecular weight is 534 g/mol. The van der Waals surface area contributed by atoms with Gasteiger partial charge in [0.1, 0.15) is 11.6 Å².